The molecule has 1 aromatic rings. The first-order valence-electron chi connectivity index (χ1n) is 4.15. The molecular weight excluding hydrogens is 164 g/mol. The lowest BCUT2D eigenvalue weighted by Gasteiger charge is -2.03. The minimum absolute atomic E-state index is 0.415. The summed E-state index contributed by atoms with van der Waals surface area (Å²) in [6.45, 7) is 0.983. The molecule has 13 heavy (non-hydrogen) atoms. The smallest absolute Gasteiger partial charge is 0.119 e. The van der Waals surface area contributed by atoms with E-state index in [4.69, 9.17) is 15.7 Å². The van der Waals surface area contributed by atoms with E-state index in [1.807, 2.05) is 30.3 Å². The third-order valence-electron chi connectivity index (χ3n) is 1.64. The van der Waals surface area contributed by atoms with Crippen LogP contribution in [0.4, 0.5) is 0 Å². The van der Waals surface area contributed by atoms with Crippen molar-refractivity contribution in [2.24, 2.45) is 5.73 Å². The standard InChI is InChI=1S/C10H12N2O/c11-6-1-7-13-10-4-2-9(8-12)3-5-10/h2-5H,1,7-8,12H2. The second-order valence-corrected chi connectivity index (χ2v) is 2.60. The van der Waals surface area contributed by atoms with Crippen molar-refractivity contribution in [2.75, 3.05) is 6.61 Å². The first-order valence-corrected chi connectivity index (χ1v) is 4.15. The largest absolute Gasteiger partial charge is 0.493 e. The third-order valence-corrected chi connectivity index (χ3v) is 1.64. The second kappa shape index (κ2) is 5.18. The molecule has 0 unspecified atom stereocenters. The number of hydrogen-bond acceptors (Lipinski definition) is 3. The zero-order valence-corrected chi connectivity index (χ0v) is 7.36. The Bertz CT molecular complexity index is 287. The molecule has 0 spiro atoms. The van der Waals surface area contributed by atoms with Crippen molar-refractivity contribution in [1.29, 1.82) is 5.26 Å². The average Bonchev–Trinajstić information content (AvgIpc) is 2.19. The van der Waals surface area contributed by atoms with E-state index in [-0.39, 0.29) is 0 Å². The van der Waals surface area contributed by atoms with Crippen LogP contribution in [0.15, 0.2) is 24.3 Å². The number of ether oxygens (including phenoxy) is 1. The predicted molar refractivity (Wildman–Crippen MR) is 50.1 cm³/mol. The highest BCUT2D eigenvalue weighted by molar-refractivity contribution is 5.27. The monoisotopic (exact) mass is 176 g/mol. The number of benzene rings is 1. The van der Waals surface area contributed by atoms with Gasteiger partial charge in [-0.25, -0.2) is 0 Å². The van der Waals surface area contributed by atoms with Gasteiger partial charge in [0.1, 0.15) is 12.4 Å². The molecule has 1 rings (SSSR count). The molecule has 68 valence electrons. The first kappa shape index (κ1) is 9.56. The molecule has 0 amide bonds. The third kappa shape index (κ3) is 3.14. The van der Waals surface area contributed by atoms with Crippen molar-refractivity contribution in [1.82, 2.24) is 0 Å². The maximum atomic E-state index is 8.28. The van der Waals surface area contributed by atoms with Crippen molar-refractivity contribution >= 4 is 0 Å². The molecule has 0 saturated carbocycles. The summed E-state index contributed by atoms with van der Waals surface area (Å²) in [5.41, 5.74) is 6.51. The highest BCUT2D eigenvalue weighted by Gasteiger charge is 1.93. The van der Waals surface area contributed by atoms with E-state index in [9.17, 15) is 0 Å². The lowest BCUT2D eigenvalue weighted by atomic mass is 10.2. The summed E-state index contributed by atoms with van der Waals surface area (Å²) in [6, 6.07) is 9.57. The van der Waals surface area contributed by atoms with Gasteiger partial charge in [0.2, 0.25) is 0 Å². The topological polar surface area (TPSA) is 59.0 Å². The van der Waals surface area contributed by atoms with E-state index >= 15 is 0 Å². The quantitative estimate of drug-likeness (QED) is 0.706. The Kier molecular flexibility index (Phi) is 3.80. The molecule has 0 aromatic heterocycles. The van der Waals surface area contributed by atoms with Gasteiger partial charge in [0.25, 0.3) is 0 Å². The van der Waals surface area contributed by atoms with E-state index in [1.54, 1.807) is 0 Å². The highest BCUT2D eigenvalue weighted by atomic mass is 16.5. The SMILES string of the molecule is N#CCCOc1ccc(CN)cc1. The first-order chi connectivity index (χ1) is 6.36. The van der Waals surface area contributed by atoms with Gasteiger partial charge in [-0.15, -0.1) is 0 Å². The lowest BCUT2D eigenvalue weighted by molar-refractivity contribution is 0.326. The van der Waals surface area contributed by atoms with Crippen LogP contribution in [0.5, 0.6) is 5.75 Å². The lowest BCUT2D eigenvalue weighted by Crippen LogP contribution is -1.98. The Morgan fingerprint density at radius 2 is 2.00 bits per heavy atom. The minimum Gasteiger partial charge on any atom is -0.493 e. The Morgan fingerprint density at radius 1 is 1.31 bits per heavy atom. The molecule has 0 aliphatic carbocycles. The van der Waals surface area contributed by atoms with Gasteiger partial charge in [-0.3, -0.25) is 0 Å². The Balaban J connectivity index is 2.45. The van der Waals surface area contributed by atoms with Gasteiger partial charge in [-0.05, 0) is 17.7 Å². The molecule has 3 heteroatoms. The van der Waals surface area contributed by atoms with Crippen molar-refractivity contribution in [3.05, 3.63) is 29.8 Å². The summed E-state index contributed by atoms with van der Waals surface area (Å²) >= 11 is 0. The molecule has 2 N–H and O–H groups in total. The van der Waals surface area contributed by atoms with E-state index in [0.717, 1.165) is 11.3 Å². The van der Waals surface area contributed by atoms with E-state index in [1.165, 1.54) is 0 Å². The van der Waals surface area contributed by atoms with Gasteiger partial charge in [0.15, 0.2) is 0 Å². The molecule has 3 nitrogen and oxygen atoms in total. The number of nitriles is 1. The Morgan fingerprint density at radius 3 is 2.54 bits per heavy atom. The number of nitrogens with two attached hydrogens (primary N) is 1. The Hall–Kier alpha value is -1.53. The van der Waals surface area contributed by atoms with Gasteiger partial charge >= 0.3 is 0 Å². The summed E-state index contributed by atoms with van der Waals surface area (Å²) in [7, 11) is 0. The second-order valence-electron chi connectivity index (χ2n) is 2.60. The summed E-state index contributed by atoms with van der Waals surface area (Å²) in [5.74, 6) is 0.785. The maximum Gasteiger partial charge on any atom is 0.119 e. The predicted octanol–water partition coefficient (Wildman–Crippen LogP) is 1.44. The fourth-order valence-corrected chi connectivity index (χ4v) is 0.936. The molecular formula is C10H12N2O. The fourth-order valence-electron chi connectivity index (χ4n) is 0.936. The molecule has 0 aliphatic heterocycles. The molecule has 0 fully saturated rings. The van der Waals surface area contributed by atoms with Crippen LogP contribution < -0.4 is 10.5 Å². The normalized spacial score (nSPS) is 9.23. The minimum atomic E-state index is 0.415. The van der Waals surface area contributed by atoms with Crippen LogP contribution in [0.3, 0.4) is 0 Å². The van der Waals surface area contributed by atoms with E-state index in [0.29, 0.717) is 19.6 Å². The number of rotatable bonds is 4. The average molecular weight is 176 g/mol. The molecule has 0 atom stereocenters. The van der Waals surface area contributed by atoms with Crippen molar-refractivity contribution in [3.63, 3.8) is 0 Å². The fraction of sp³-hybridized carbons (Fsp3) is 0.300. The van der Waals surface area contributed by atoms with Gasteiger partial charge < -0.3 is 10.5 Å². The molecule has 0 radical (unpaired) electrons. The molecule has 0 heterocycles. The molecule has 1 aromatic carbocycles. The van der Waals surface area contributed by atoms with Gasteiger partial charge in [0.05, 0.1) is 12.5 Å². The molecule has 0 bridgehead atoms. The van der Waals surface area contributed by atoms with E-state index < -0.39 is 0 Å². The maximum absolute atomic E-state index is 8.28. The van der Waals surface area contributed by atoms with Crippen LogP contribution >= 0.6 is 0 Å². The van der Waals surface area contributed by atoms with Crippen LogP contribution in [-0.2, 0) is 6.54 Å². The highest BCUT2D eigenvalue weighted by Crippen LogP contribution is 2.11. The zero-order chi connectivity index (χ0) is 9.52. The van der Waals surface area contributed by atoms with Gasteiger partial charge in [0, 0.05) is 6.54 Å². The van der Waals surface area contributed by atoms with Crippen LogP contribution in [0, 0.1) is 11.3 Å². The summed E-state index contributed by atoms with van der Waals surface area (Å²) in [4.78, 5) is 0. The summed E-state index contributed by atoms with van der Waals surface area (Å²) in [6.07, 6.45) is 0.415. The van der Waals surface area contributed by atoms with Crippen molar-refractivity contribution < 1.29 is 4.74 Å². The summed E-state index contributed by atoms with van der Waals surface area (Å²) < 4.78 is 5.28. The van der Waals surface area contributed by atoms with Crippen LogP contribution in [0.1, 0.15) is 12.0 Å². The molecule has 0 saturated heterocycles. The van der Waals surface area contributed by atoms with E-state index in [2.05, 4.69) is 0 Å². The zero-order valence-electron chi connectivity index (χ0n) is 7.36. The number of nitrogens with zero attached hydrogens (tertiary/aromatic N) is 1. The van der Waals surface area contributed by atoms with Crippen molar-refractivity contribution in [2.45, 2.75) is 13.0 Å². The Labute approximate surface area is 77.7 Å². The van der Waals surface area contributed by atoms with Gasteiger partial charge in [-0.2, -0.15) is 5.26 Å². The van der Waals surface area contributed by atoms with Gasteiger partial charge in [-0.1, -0.05) is 12.1 Å². The van der Waals surface area contributed by atoms with Crippen LogP contribution in [0.25, 0.3) is 0 Å². The molecule has 0 aliphatic rings. The summed E-state index contributed by atoms with van der Waals surface area (Å²) in [5, 5.41) is 8.28. The van der Waals surface area contributed by atoms with Crippen LogP contribution in [0.2, 0.25) is 0 Å². The van der Waals surface area contributed by atoms with Crippen molar-refractivity contribution in [3.8, 4) is 11.8 Å². The van der Waals surface area contributed by atoms with Crippen LogP contribution in [-0.4, -0.2) is 6.61 Å². The number of hydrogen-bond donors (Lipinski definition) is 1.